The molecule has 1 saturated heterocycles. The van der Waals surface area contributed by atoms with E-state index in [4.69, 9.17) is 28.5 Å². The molecule has 0 saturated carbocycles. The van der Waals surface area contributed by atoms with Crippen LogP contribution in [-0.4, -0.2) is 22.4 Å². The zero-order valence-electron chi connectivity index (χ0n) is 20.1. The fourth-order valence-electron chi connectivity index (χ4n) is 4.10. The van der Waals surface area contributed by atoms with Gasteiger partial charge in [0.2, 0.25) is 0 Å². The Morgan fingerprint density at radius 3 is 2.31 bits per heavy atom. The number of anilines is 3. The van der Waals surface area contributed by atoms with Crippen LogP contribution in [0.25, 0.3) is 0 Å². The highest BCUT2D eigenvalue weighted by Crippen LogP contribution is 2.40. The summed E-state index contributed by atoms with van der Waals surface area (Å²) in [7, 11) is 0. The van der Waals surface area contributed by atoms with Crippen molar-refractivity contribution in [1.29, 1.82) is 5.26 Å². The number of hydrogen-bond donors (Lipinski definition) is 1. The number of imide groups is 1. The van der Waals surface area contributed by atoms with Gasteiger partial charge >= 0.3 is 12.2 Å². The molecule has 0 bridgehead atoms. The second-order valence-electron chi connectivity index (χ2n) is 9.07. The average Bonchev–Trinajstić information content (AvgIpc) is 3.00. The van der Waals surface area contributed by atoms with Gasteiger partial charge in [0.15, 0.2) is 0 Å². The molecule has 0 aliphatic carbocycles. The van der Waals surface area contributed by atoms with Crippen molar-refractivity contribution in [3.05, 3.63) is 86.9 Å². The van der Waals surface area contributed by atoms with E-state index >= 15 is 0 Å². The summed E-state index contributed by atoms with van der Waals surface area (Å²) in [6.07, 6.45) is -4.91. The van der Waals surface area contributed by atoms with Gasteiger partial charge < -0.3 is 10.2 Å². The first-order valence-electron chi connectivity index (χ1n) is 11.1. The lowest BCUT2D eigenvalue weighted by molar-refractivity contribution is -0.137. The van der Waals surface area contributed by atoms with Crippen molar-refractivity contribution in [2.75, 3.05) is 10.2 Å². The number of urea groups is 1. The van der Waals surface area contributed by atoms with E-state index in [1.54, 1.807) is 0 Å². The van der Waals surface area contributed by atoms with Crippen LogP contribution in [0, 0.1) is 23.0 Å². The molecule has 3 amide bonds. The van der Waals surface area contributed by atoms with Gasteiger partial charge in [-0.2, -0.15) is 18.4 Å². The maximum absolute atomic E-state index is 14.3. The van der Waals surface area contributed by atoms with E-state index in [1.165, 1.54) is 32.0 Å². The van der Waals surface area contributed by atoms with Crippen LogP contribution in [0.15, 0.2) is 48.5 Å². The third-order valence-corrected chi connectivity index (χ3v) is 6.74. The van der Waals surface area contributed by atoms with Crippen LogP contribution in [0.1, 0.15) is 30.5 Å². The largest absolute Gasteiger partial charge is 0.417 e. The number of amides is 3. The lowest BCUT2D eigenvalue weighted by Gasteiger charge is -2.29. The maximum Gasteiger partial charge on any atom is 0.417 e. The number of nitriles is 1. The number of hydrogen-bond acceptors (Lipinski definition) is 4. The number of alkyl halides is 3. The van der Waals surface area contributed by atoms with E-state index in [0.29, 0.717) is 17.0 Å². The summed E-state index contributed by atoms with van der Waals surface area (Å²) in [5.74, 6) is -2.55. The molecule has 1 heterocycles. The Morgan fingerprint density at radius 1 is 1.00 bits per heavy atom. The van der Waals surface area contributed by atoms with Crippen molar-refractivity contribution in [3.8, 4) is 6.07 Å². The molecule has 1 aliphatic heterocycles. The first kappa shape index (κ1) is 28.1. The molecule has 39 heavy (non-hydrogen) atoms. The van der Waals surface area contributed by atoms with E-state index < -0.39 is 46.4 Å². The molecule has 4 rings (SSSR count). The molecule has 0 unspecified atom stereocenters. The number of benzene rings is 3. The molecular formula is C26H17Cl2F5N4O2. The lowest BCUT2D eigenvalue weighted by atomic mass is 10.0. The van der Waals surface area contributed by atoms with E-state index in [-0.39, 0.29) is 39.2 Å². The number of rotatable bonds is 5. The highest BCUT2D eigenvalue weighted by atomic mass is 35.5. The van der Waals surface area contributed by atoms with Crippen LogP contribution in [-0.2, 0) is 17.5 Å². The number of carbonyl (C=O) groups excluding carboxylic acids is 2. The summed E-state index contributed by atoms with van der Waals surface area (Å²) in [4.78, 5) is 28.5. The third-order valence-electron chi connectivity index (χ3n) is 6.19. The van der Waals surface area contributed by atoms with Crippen LogP contribution >= 0.6 is 23.2 Å². The first-order valence-corrected chi connectivity index (χ1v) is 11.9. The van der Waals surface area contributed by atoms with Gasteiger partial charge in [-0.1, -0.05) is 23.2 Å². The van der Waals surface area contributed by atoms with E-state index in [2.05, 4.69) is 5.32 Å². The Morgan fingerprint density at radius 2 is 1.69 bits per heavy atom. The minimum atomic E-state index is -4.91. The third kappa shape index (κ3) is 5.22. The van der Waals surface area contributed by atoms with Crippen molar-refractivity contribution in [3.63, 3.8) is 0 Å². The van der Waals surface area contributed by atoms with Gasteiger partial charge in [0.25, 0.3) is 5.91 Å². The van der Waals surface area contributed by atoms with Gasteiger partial charge in [-0.3, -0.25) is 4.79 Å². The number of nitrogens with zero attached hydrogens (tertiary/aromatic N) is 3. The topological polar surface area (TPSA) is 76.4 Å². The molecule has 0 spiro atoms. The summed E-state index contributed by atoms with van der Waals surface area (Å²) in [5.41, 5.74) is -3.67. The van der Waals surface area contributed by atoms with Gasteiger partial charge in [0.05, 0.1) is 35.1 Å². The Kier molecular flexibility index (Phi) is 7.23. The highest BCUT2D eigenvalue weighted by molar-refractivity contribution is 6.35. The molecule has 3 aromatic rings. The van der Waals surface area contributed by atoms with Crippen molar-refractivity contribution in [1.82, 2.24) is 4.90 Å². The Hall–Kier alpha value is -3.88. The maximum atomic E-state index is 14.3. The smallest absolute Gasteiger partial charge is 0.353 e. The number of carbonyl (C=O) groups is 2. The monoisotopic (exact) mass is 582 g/mol. The van der Waals surface area contributed by atoms with Crippen LogP contribution in [0.2, 0.25) is 10.0 Å². The fraction of sp³-hybridized carbons (Fsp3) is 0.192. The molecular weight excluding hydrogens is 566 g/mol. The molecule has 13 heteroatoms. The van der Waals surface area contributed by atoms with Crippen molar-refractivity contribution < 1.29 is 31.5 Å². The zero-order chi connectivity index (χ0) is 28.9. The van der Waals surface area contributed by atoms with E-state index in [9.17, 15) is 31.5 Å². The van der Waals surface area contributed by atoms with Gasteiger partial charge in [-0.25, -0.2) is 18.5 Å². The second-order valence-corrected chi connectivity index (χ2v) is 9.91. The predicted molar refractivity (Wildman–Crippen MR) is 135 cm³/mol. The second kappa shape index (κ2) is 10.0. The summed E-state index contributed by atoms with van der Waals surface area (Å²) >= 11 is 12.5. The quantitative estimate of drug-likeness (QED) is 0.247. The predicted octanol–water partition coefficient (Wildman–Crippen LogP) is 7.65. The number of nitrogens with one attached hydrogen (secondary N) is 1. The van der Waals surface area contributed by atoms with Gasteiger partial charge in [-0.05, 0) is 56.3 Å². The van der Waals surface area contributed by atoms with E-state index in [1.807, 2.05) is 0 Å². The summed E-state index contributed by atoms with van der Waals surface area (Å²) in [6.45, 7) is 2.47. The van der Waals surface area contributed by atoms with Crippen LogP contribution < -0.4 is 10.2 Å². The van der Waals surface area contributed by atoms with Crippen molar-refractivity contribution in [2.45, 2.75) is 32.1 Å². The average molecular weight is 583 g/mol. The van der Waals surface area contributed by atoms with E-state index in [0.717, 1.165) is 29.2 Å². The molecule has 1 fully saturated rings. The fourth-order valence-corrected chi connectivity index (χ4v) is 4.66. The Labute approximate surface area is 229 Å². The molecule has 0 aromatic heterocycles. The summed E-state index contributed by atoms with van der Waals surface area (Å²) in [5, 5.41) is 12.0. The zero-order valence-corrected chi connectivity index (χ0v) is 21.6. The van der Waals surface area contributed by atoms with Crippen LogP contribution in [0.4, 0.5) is 43.8 Å². The summed E-state index contributed by atoms with van der Waals surface area (Å²) < 4.78 is 68.3. The first-order chi connectivity index (χ1) is 18.1. The normalized spacial score (nSPS) is 15.1. The minimum Gasteiger partial charge on any atom is -0.353 e. The van der Waals surface area contributed by atoms with Crippen LogP contribution in [0.5, 0.6) is 0 Å². The van der Waals surface area contributed by atoms with Gasteiger partial charge in [-0.15, -0.1) is 0 Å². The summed E-state index contributed by atoms with van der Waals surface area (Å²) in [6, 6.07) is 8.57. The molecule has 6 nitrogen and oxygen atoms in total. The number of halogens is 7. The molecule has 0 atom stereocenters. The minimum absolute atomic E-state index is 0.0414. The molecule has 202 valence electrons. The molecule has 1 aliphatic rings. The molecule has 3 aromatic carbocycles. The highest BCUT2D eigenvalue weighted by Gasteiger charge is 2.52. The Bertz CT molecular complexity index is 1550. The van der Waals surface area contributed by atoms with Gasteiger partial charge in [0, 0.05) is 27.4 Å². The van der Waals surface area contributed by atoms with Crippen molar-refractivity contribution >= 4 is 52.2 Å². The lowest BCUT2D eigenvalue weighted by Crippen LogP contribution is -2.43. The molecule has 0 radical (unpaired) electrons. The van der Waals surface area contributed by atoms with Crippen molar-refractivity contribution in [2.24, 2.45) is 0 Å². The van der Waals surface area contributed by atoms with Crippen LogP contribution in [0.3, 0.4) is 0 Å². The standard InChI is InChI=1S/C26H17Cl2F5N4O2/c1-25(2)23(38)37(16-5-3-13(11-34)18(10-16)26(31,32)33)24(39)36(25)12-17-19(28)7-14(27)8-22(17)35-21-6-4-15(29)9-20(21)30/h3-10,35H,12H2,1-2H3. The molecule has 1 N–H and O–H groups in total. The SMILES string of the molecule is CC1(C)C(=O)N(c2ccc(C#N)c(C(F)(F)F)c2)C(=O)N1Cc1c(Cl)cc(Cl)cc1Nc1ccc(F)cc1F. The van der Waals surface area contributed by atoms with Gasteiger partial charge in [0.1, 0.15) is 17.2 Å². The Balaban J connectivity index is 1.75.